The minimum atomic E-state index is -4.53. The van der Waals surface area contributed by atoms with Crippen LogP contribution >= 0.6 is 39.1 Å². The lowest BCUT2D eigenvalue weighted by molar-refractivity contribution is -0.137. The number of hydrogen-bond donors (Lipinski definition) is 2. The molecule has 2 atom stereocenters. The molecule has 0 saturated heterocycles. The third kappa shape index (κ3) is 7.86. The Morgan fingerprint density at radius 2 is 1.74 bits per heavy atom. The molecule has 46 heavy (non-hydrogen) atoms. The highest BCUT2D eigenvalue weighted by molar-refractivity contribution is 9.10. The van der Waals surface area contributed by atoms with Crippen LogP contribution in [0.2, 0.25) is 10.0 Å². The highest BCUT2D eigenvalue weighted by Crippen LogP contribution is 2.45. The van der Waals surface area contributed by atoms with Crippen molar-refractivity contribution in [1.82, 2.24) is 5.32 Å². The minimum Gasteiger partial charge on any atom is -0.494 e. The Kier molecular flexibility index (Phi) is 10.6. The summed E-state index contributed by atoms with van der Waals surface area (Å²) >= 11 is 16.3. The molecule has 4 aromatic rings. The molecular formula is C34H28BrCl2F3N2O4. The number of ether oxygens (including phenoxy) is 2. The maximum Gasteiger partial charge on any atom is 0.416 e. The van der Waals surface area contributed by atoms with Gasteiger partial charge in [0.05, 0.1) is 12.2 Å². The van der Waals surface area contributed by atoms with Crippen molar-refractivity contribution in [2.45, 2.75) is 37.2 Å². The summed E-state index contributed by atoms with van der Waals surface area (Å²) in [5.74, 6) is 0.181. The van der Waals surface area contributed by atoms with Crippen molar-refractivity contribution in [3.8, 4) is 5.75 Å². The molecule has 0 aliphatic carbocycles. The minimum absolute atomic E-state index is 0.00759. The molecule has 0 radical (unpaired) electrons. The van der Waals surface area contributed by atoms with Crippen molar-refractivity contribution >= 4 is 50.9 Å². The van der Waals surface area contributed by atoms with Gasteiger partial charge in [-0.3, -0.25) is 4.79 Å². The second kappa shape index (κ2) is 14.5. The van der Waals surface area contributed by atoms with Gasteiger partial charge >= 0.3 is 6.18 Å². The van der Waals surface area contributed by atoms with E-state index in [0.717, 1.165) is 22.2 Å². The molecular weight excluding hydrogens is 708 g/mol. The number of benzene rings is 4. The average Bonchev–Trinajstić information content (AvgIpc) is 3.41. The number of aliphatic hydroxyl groups excluding tert-OH is 1. The molecule has 240 valence electrons. The Morgan fingerprint density at radius 3 is 2.41 bits per heavy atom. The quantitative estimate of drug-likeness (QED) is 0.152. The predicted molar refractivity (Wildman–Crippen MR) is 174 cm³/mol. The summed E-state index contributed by atoms with van der Waals surface area (Å²) in [5, 5.41) is 12.5. The average molecular weight is 736 g/mol. The third-order valence-corrected chi connectivity index (χ3v) is 8.46. The van der Waals surface area contributed by atoms with E-state index in [4.69, 9.17) is 42.8 Å². The molecule has 0 saturated carbocycles. The van der Waals surface area contributed by atoms with Gasteiger partial charge in [0.1, 0.15) is 5.75 Å². The molecule has 6 nitrogen and oxygen atoms in total. The fourth-order valence-corrected chi connectivity index (χ4v) is 5.85. The van der Waals surface area contributed by atoms with E-state index in [1.54, 1.807) is 42.5 Å². The van der Waals surface area contributed by atoms with E-state index in [0.29, 0.717) is 34.9 Å². The van der Waals surface area contributed by atoms with Gasteiger partial charge in [-0.15, -0.1) is 0 Å². The summed E-state index contributed by atoms with van der Waals surface area (Å²) < 4.78 is 53.1. The number of carbonyl (C=O) groups is 1. The van der Waals surface area contributed by atoms with Crippen LogP contribution in [0.5, 0.6) is 5.75 Å². The Hall–Kier alpha value is -3.57. The SMILES string of the molecule is O=C(NCc1cccc(C(F)(F)F)c1)[C@]1(Cc2ccc(Br)cc2)N=C(c2ccc(OCCCO)cc2)O[C@@H]1c1ccc(Cl)cc1Cl. The van der Waals surface area contributed by atoms with Crippen molar-refractivity contribution < 1.29 is 32.5 Å². The molecule has 0 fully saturated rings. The standard InChI is InChI=1S/C34H28BrCl2F3N2O4/c35-25-9-5-21(6-10-25)19-33(32(44)41-20-22-3-1-4-24(17-22)34(38,39)40)30(28-14-11-26(36)18-29(28)37)46-31(42-33)23-7-12-27(13-8-23)45-16-2-15-43/h1,3-14,17-18,30,43H,2,15-16,19-20H2,(H,41,44)/t30-,33-/m1/s1. The number of hydrogen-bond acceptors (Lipinski definition) is 5. The monoisotopic (exact) mass is 734 g/mol. The van der Waals surface area contributed by atoms with Gasteiger partial charge in [0.2, 0.25) is 5.90 Å². The molecule has 1 heterocycles. The van der Waals surface area contributed by atoms with Gasteiger partial charge in [-0.25, -0.2) is 4.99 Å². The number of halogens is 6. The van der Waals surface area contributed by atoms with Gasteiger partial charge in [0, 0.05) is 51.6 Å². The molecule has 0 spiro atoms. The van der Waals surface area contributed by atoms with E-state index in [1.807, 2.05) is 24.3 Å². The van der Waals surface area contributed by atoms with Gasteiger partial charge in [0.25, 0.3) is 5.91 Å². The summed E-state index contributed by atoms with van der Waals surface area (Å²) in [6, 6.07) is 23.9. The first kappa shape index (κ1) is 33.8. The van der Waals surface area contributed by atoms with Crippen LogP contribution in [-0.2, 0) is 28.7 Å². The molecule has 1 aliphatic rings. The van der Waals surface area contributed by atoms with Crippen LogP contribution in [0.15, 0.2) is 100 Å². The van der Waals surface area contributed by atoms with Crippen LogP contribution in [0.25, 0.3) is 0 Å². The maximum atomic E-state index is 14.4. The van der Waals surface area contributed by atoms with Crippen LogP contribution < -0.4 is 10.1 Å². The number of aliphatic imine (C=N–C) groups is 1. The maximum absolute atomic E-state index is 14.4. The lowest BCUT2D eigenvalue weighted by atomic mass is 9.82. The summed E-state index contributed by atoms with van der Waals surface area (Å²) in [4.78, 5) is 19.3. The summed E-state index contributed by atoms with van der Waals surface area (Å²) in [5.41, 5.74) is -0.397. The largest absolute Gasteiger partial charge is 0.494 e. The van der Waals surface area contributed by atoms with Crippen molar-refractivity contribution in [3.05, 3.63) is 133 Å². The van der Waals surface area contributed by atoms with Crippen molar-refractivity contribution in [1.29, 1.82) is 0 Å². The van der Waals surface area contributed by atoms with E-state index in [-0.39, 0.29) is 36.1 Å². The first-order valence-electron chi connectivity index (χ1n) is 14.2. The molecule has 2 N–H and O–H groups in total. The fraction of sp³-hybridized carbons (Fsp3) is 0.235. The Balaban J connectivity index is 1.57. The summed E-state index contributed by atoms with van der Waals surface area (Å²) in [6.07, 6.45) is -5.01. The number of carbonyl (C=O) groups excluding carboxylic acids is 1. The molecule has 0 unspecified atom stereocenters. The molecule has 1 aliphatic heterocycles. The Morgan fingerprint density at radius 1 is 1.00 bits per heavy atom. The number of amides is 1. The van der Waals surface area contributed by atoms with E-state index < -0.39 is 29.3 Å². The van der Waals surface area contributed by atoms with E-state index >= 15 is 0 Å². The second-order valence-corrected chi connectivity index (χ2v) is 12.4. The van der Waals surface area contributed by atoms with Gasteiger partial charge < -0.3 is 19.9 Å². The Bertz CT molecular complexity index is 1720. The van der Waals surface area contributed by atoms with Crippen LogP contribution in [0, 0.1) is 0 Å². The molecule has 0 aromatic heterocycles. The molecule has 12 heteroatoms. The molecule has 5 rings (SSSR count). The predicted octanol–water partition coefficient (Wildman–Crippen LogP) is 8.35. The number of nitrogens with zero attached hydrogens (tertiary/aromatic N) is 1. The first-order chi connectivity index (χ1) is 22.0. The van der Waals surface area contributed by atoms with Gasteiger partial charge in [0.15, 0.2) is 11.6 Å². The number of alkyl halides is 3. The lowest BCUT2D eigenvalue weighted by Crippen LogP contribution is -2.49. The number of aliphatic hydroxyl groups is 1. The molecule has 1 amide bonds. The number of rotatable bonds is 11. The molecule has 4 aromatic carbocycles. The van der Waals surface area contributed by atoms with Gasteiger partial charge in [-0.1, -0.05) is 69.5 Å². The fourth-order valence-electron chi connectivity index (χ4n) is 5.08. The highest BCUT2D eigenvalue weighted by atomic mass is 79.9. The third-order valence-electron chi connectivity index (χ3n) is 7.37. The van der Waals surface area contributed by atoms with Crippen LogP contribution in [0.3, 0.4) is 0 Å². The normalized spacial score (nSPS) is 17.7. The van der Waals surface area contributed by atoms with Crippen molar-refractivity contribution in [2.24, 2.45) is 4.99 Å². The van der Waals surface area contributed by atoms with E-state index in [2.05, 4.69) is 21.2 Å². The smallest absolute Gasteiger partial charge is 0.416 e. The van der Waals surface area contributed by atoms with Crippen molar-refractivity contribution in [2.75, 3.05) is 13.2 Å². The van der Waals surface area contributed by atoms with Crippen LogP contribution in [-0.4, -0.2) is 35.7 Å². The topological polar surface area (TPSA) is 80.2 Å². The highest BCUT2D eigenvalue weighted by Gasteiger charge is 2.54. The van der Waals surface area contributed by atoms with E-state index in [1.165, 1.54) is 12.1 Å². The van der Waals surface area contributed by atoms with Crippen molar-refractivity contribution in [3.63, 3.8) is 0 Å². The zero-order chi connectivity index (χ0) is 32.9. The Labute approximate surface area is 282 Å². The van der Waals surface area contributed by atoms with Gasteiger partial charge in [-0.05, 0) is 71.8 Å². The molecule has 0 bridgehead atoms. The lowest BCUT2D eigenvalue weighted by Gasteiger charge is -2.31. The second-order valence-electron chi connectivity index (χ2n) is 10.6. The zero-order valence-corrected chi connectivity index (χ0v) is 27.3. The van der Waals surface area contributed by atoms with Crippen LogP contribution in [0.1, 0.15) is 40.3 Å². The van der Waals surface area contributed by atoms with Gasteiger partial charge in [-0.2, -0.15) is 13.2 Å². The van der Waals surface area contributed by atoms with E-state index in [9.17, 15) is 18.0 Å². The number of nitrogens with one attached hydrogen (secondary N) is 1. The summed E-state index contributed by atoms with van der Waals surface area (Å²) in [7, 11) is 0. The first-order valence-corrected chi connectivity index (χ1v) is 15.8. The zero-order valence-electron chi connectivity index (χ0n) is 24.2. The summed E-state index contributed by atoms with van der Waals surface area (Å²) in [6.45, 7) is 0.164. The van der Waals surface area contributed by atoms with Crippen LogP contribution in [0.4, 0.5) is 13.2 Å².